The van der Waals surface area contributed by atoms with Gasteiger partial charge in [0, 0.05) is 10.9 Å². The third kappa shape index (κ3) is 3.84. The lowest BCUT2D eigenvalue weighted by atomic mass is 10.0. The summed E-state index contributed by atoms with van der Waals surface area (Å²) >= 11 is 7.69. The van der Waals surface area contributed by atoms with Gasteiger partial charge in [-0.15, -0.1) is 11.3 Å². The monoisotopic (exact) mass is 279 g/mol. The van der Waals surface area contributed by atoms with Crippen molar-refractivity contribution in [3.63, 3.8) is 0 Å². The Balaban J connectivity index is 1.98. The number of aryl methyl sites for hydroxylation is 1. The lowest BCUT2D eigenvalue weighted by molar-refractivity contribution is 0.523. The van der Waals surface area contributed by atoms with Gasteiger partial charge in [0.1, 0.15) is 0 Å². The summed E-state index contributed by atoms with van der Waals surface area (Å²) in [5.74, 6) is 0. The highest BCUT2D eigenvalue weighted by Gasteiger charge is 2.12. The molecule has 0 fully saturated rings. The van der Waals surface area contributed by atoms with Crippen molar-refractivity contribution in [2.24, 2.45) is 0 Å². The normalized spacial score (nSPS) is 12.6. The van der Waals surface area contributed by atoms with E-state index < -0.39 is 0 Å². The van der Waals surface area contributed by atoms with Crippen LogP contribution in [0, 0.1) is 0 Å². The van der Waals surface area contributed by atoms with E-state index in [1.165, 1.54) is 10.4 Å². The molecule has 96 valence electrons. The fourth-order valence-corrected chi connectivity index (χ4v) is 3.23. The zero-order chi connectivity index (χ0) is 12.8. The van der Waals surface area contributed by atoms with Crippen molar-refractivity contribution in [2.45, 2.75) is 25.8 Å². The molecule has 2 rings (SSSR count). The molecule has 0 saturated carbocycles. The number of thiophene rings is 1. The van der Waals surface area contributed by atoms with Crippen LogP contribution in [-0.4, -0.2) is 6.54 Å². The molecule has 1 N–H and O–H groups in total. The van der Waals surface area contributed by atoms with Crippen molar-refractivity contribution >= 4 is 22.9 Å². The Hall–Kier alpha value is -0.830. The first-order chi connectivity index (χ1) is 8.79. The van der Waals surface area contributed by atoms with Crippen LogP contribution in [0.15, 0.2) is 42.5 Å². The van der Waals surface area contributed by atoms with Gasteiger partial charge in [-0.3, -0.25) is 0 Å². The number of hydrogen-bond donors (Lipinski definition) is 1. The molecule has 1 atom stereocenters. The van der Waals surface area contributed by atoms with Crippen LogP contribution < -0.4 is 5.32 Å². The third-order valence-corrected chi connectivity index (χ3v) is 4.30. The summed E-state index contributed by atoms with van der Waals surface area (Å²) in [6, 6.07) is 15.1. The molecule has 0 radical (unpaired) electrons. The van der Waals surface area contributed by atoms with Crippen molar-refractivity contribution < 1.29 is 0 Å². The van der Waals surface area contributed by atoms with Crippen LogP contribution in [0.3, 0.4) is 0 Å². The smallest absolute Gasteiger partial charge is 0.0931 e. The maximum absolute atomic E-state index is 6.01. The van der Waals surface area contributed by atoms with Gasteiger partial charge >= 0.3 is 0 Å². The first-order valence-corrected chi connectivity index (χ1v) is 7.51. The van der Waals surface area contributed by atoms with Crippen molar-refractivity contribution in [3.8, 4) is 0 Å². The summed E-state index contributed by atoms with van der Waals surface area (Å²) in [5.41, 5.74) is 1.39. The lowest BCUT2D eigenvalue weighted by Gasteiger charge is -2.16. The fraction of sp³-hybridized carbons (Fsp3) is 0.333. The quantitative estimate of drug-likeness (QED) is 0.809. The molecule has 0 bridgehead atoms. The van der Waals surface area contributed by atoms with Crippen LogP contribution in [0.1, 0.15) is 29.8 Å². The Labute approximate surface area is 118 Å². The van der Waals surface area contributed by atoms with Crippen LogP contribution in [0.2, 0.25) is 4.34 Å². The molecular formula is C15H18ClNS. The zero-order valence-electron chi connectivity index (χ0n) is 10.5. The molecule has 1 aromatic heterocycles. The van der Waals surface area contributed by atoms with Crippen LogP contribution in [0.4, 0.5) is 0 Å². The Kier molecular flexibility index (Phi) is 5.24. The number of rotatable bonds is 6. The van der Waals surface area contributed by atoms with Crippen LogP contribution in [-0.2, 0) is 6.42 Å². The van der Waals surface area contributed by atoms with Gasteiger partial charge in [-0.1, -0.05) is 48.9 Å². The average Bonchev–Trinajstić information content (AvgIpc) is 2.82. The predicted octanol–water partition coefficient (Wildman–Crippen LogP) is 4.68. The topological polar surface area (TPSA) is 12.0 Å². The highest BCUT2D eigenvalue weighted by Crippen LogP contribution is 2.29. The van der Waals surface area contributed by atoms with E-state index in [0.717, 1.165) is 23.7 Å². The Morgan fingerprint density at radius 1 is 1.17 bits per heavy atom. The predicted molar refractivity (Wildman–Crippen MR) is 80.5 cm³/mol. The first kappa shape index (κ1) is 13.6. The second-order valence-electron chi connectivity index (χ2n) is 4.28. The molecular weight excluding hydrogens is 262 g/mol. The maximum atomic E-state index is 6.01. The van der Waals surface area contributed by atoms with Gasteiger partial charge in [0.2, 0.25) is 0 Å². The largest absolute Gasteiger partial charge is 0.310 e. The molecule has 0 spiro atoms. The molecule has 0 aliphatic rings. The van der Waals surface area contributed by atoms with Crippen molar-refractivity contribution in [3.05, 3.63) is 57.2 Å². The minimum atomic E-state index is 0.410. The van der Waals surface area contributed by atoms with Gasteiger partial charge in [-0.05, 0) is 37.1 Å². The number of nitrogens with one attached hydrogen (secondary N) is 1. The standard InChI is InChI=1S/C15H18ClNS/c1-2-17-13(14-10-11-15(16)18-14)9-8-12-6-4-3-5-7-12/h3-7,10-11,13,17H,2,8-9H2,1H3. The SMILES string of the molecule is CCNC(CCc1ccccc1)c1ccc(Cl)s1. The summed E-state index contributed by atoms with van der Waals surface area (Å²) in [7, 11) is 0. The molecule has 0 aliphatic heterocycles. The van der Waals surface area contributed by atoms with E-state index in [4.69, 9.17) is 11.6 Å². The van der Waals surface area contributed by atoms with Gasteiger partial charge in [0.15, 0.2) is 0 Å². The summed E-state index contributed by atoms with van der Waals surface area (Å²) < 4.78 is 0.868. The number of halogens is 1. The van der Waals surface area contributed by atoms with Gasteiger partial charge in [0.25, 0.3) is 0 Å². The molecule has 1 aromatic carbocycles. The van der Waals surface area contributed by atoms with Crippen LogP contribution in [0.25, 0.3) is 0 Å². The molecule has 1 unspecified atom stereocenters. The Bertz CT molecular complexity index is 466. The van der Waals surface area contributed by atoms with E-state index in [0.29, 0.717) is 6.04 Å². The second kappa shape index (κ2) is 6.93. The first-order valence-electron chi connectivity index (χ1n) is 6.32. The number of benzene rings is 1. The van der Waals surface area contributed by atoms with Gasteiger partial charge < -0.3 is 5.32 Å². The van der Waals surface area contributed by atoms with Gasteiger partial charge in [-0.2, -0.15) is 0 Å². The Morgan fingerprint density at radius 2 is 1.94 bits per heavy atom. The minimum absolute atomic E-state index is 0.410. The fourth-order valence-electron chi connectivity index (χ4n) is 2.06. The molecule has 18 heavy (non-hydrogen) atoms. The van der Waals surface area contributed by atoms with E-state index in [9.17, 15) is 0 Å². The lowest BCUT2D eigenvalue weighted by Crippen LogP contribution is -2.20. The van der Waals surface area contributed by atoms with Gasteiger partial charge in [0.05, 0.1) is 4.34 Å². The summed E-state index contributed by atoms with van der Waals surface area (Å²) in [6.45, 7) is 3.12. The van der Waals surface area contributed by atoms with Crippen molar-refractivity contribution in [1.82, 2.24) is 5.32 Å². The molecule has 2 aromatic rings. The highest BCUT2D eigenvalue weighted by molar-refractivity contribution is 7.16. The summed E-state index contributed by atoms with van der Waals surface area (Å²) in [4.78, 5) is 1.33. The Morgan fingerprint density at radius 3 is 2.56 bits per heavy atom. The van der Waals surface area contributed by atoms with E-state index in [2.05, 4.69) is 48.6 Å². The molecule has 0 amide bonds. The molecule has 0 saturated heterocycles. The molecule has 1 nitrogen and oxygen atoms in total. The minimum Gasteiger partial charge on any atom is -0.310 e. The summed E-state index contributed by atoms with van der Waals surface area (Å²) in [6.07, 6.45) is 2.20. The van der Waals surface area contributed by atoms with E-state index in [1.54, 1.807) is 11.3 Å². The van der Waals surface area contributed by atoms with E-state index in [1.807, 2.05) is 6.07 Å². The van der Waals surface area contributed by atoms with Crippen LogP contribution in [0.5, 0.6) is 0 Å². The highest BCUT2D eigenvalue weighted by atomic mass is 35.5. The zero-order valence-corrected chi connectivity index (χ0v) is 12.1. The summed E-state index contributed by atoms with van der Waals surface area (Å²) in [5, 5.41) is 3.53. The van der Waals surface area contributed by atoms with Crippen molar-refractivity contribution in [1.29, 1.82) is 0 Å². The van der Waals surface area contributed by atoms with E-state index >= 15 is 0 Å². The van der Waals surface area contributed by atoms with Gasteiger partial charge in [-0.25, -0.2) is 0 Å². The van der Waals surface area contributed by atoms with E-state index in [-0.39, 0.29) is 0 Å². The second-order valence-corrected chi connectivity index (χ2v) is 6.02. The molecule has 0 aliphatic carbocycles. The average molecular weight is 280 g/mol. The molecule has 1 heterocycles. The number of hydrogen-bond acceptors (Lipinski definition) is 2. The van der Waals surface area contributed by atoms with Crippen molar-refractivity contribution in [2.75, 3.05) is 6.54 Å². The third-order valence-electron chi connectivity index (χ3n) is 2.95. The maximum Gasteiger partial charge on any atom is 0.0931 e. The molecule has 3 heteroatoms. The van der Waals surface area contributed by atoms with Crippen LogP contribution >= 0.6 is 22.9 Å².